The minimum absolute atomic E-state index is 0.688. The lowest BCUT2D eigenvalue weighted by Gasteiger charge is -2.14. The van der Waals surface area contributed by atoms with E-state index >= 15 is 0 Å². The minimum Gasteiger partial charge on any atom is -0.455 e. The molecule has 9 aromatic rings. The molecule has 0 amide bonds. The predicted octanol–water partition coefficient (Wildman–Crippen LogP) is 11.3. The molecule has 0 saturated carbocycles. The van der Waals surface area contributed by atoms with Gasteiger partial charge in [-0.3, -0.25) is 0 Å². The third-order valence-corrected chi connectivity index (χ3v) is 9.14. The van der Waals surface area contributed by atoms with Gasteiger partial charge >= 0.3 is 0 Å². The van der Waals surface area contributed by atoms with E-state index in [2.05, 4.69) is 72.8 Å². The van der Waals surface area contributed by atoms with Crippen molar-refractivity contribution in [2.75, 3.05) is 0 Å². The molecule has 0 fully saturated rings. The molecule has 206 valence electrons. The molecule has 1 aromatic heterocycles. The number of nitrogens with zero attached hydrogens (tertiary/aromatic N) is 2. The number of hydrogen-bond donors (Lipinski definition) is 0. The Bertz CT molecular complexity index is 2680. The number of hydrogen-bond acceptors (Lipinski definition) is 3. The third-order valence-electron chi connectivity index (χ3n) is 9.14. The number of benzene rings is 8. The molecule has 0 aliphatic carbocycles. The average Bonchev–Trinajstić information content (AvgIpc) is 3.48. The summed E-state index contributed by atoms with van der Waals surface area (Å²) in [6.45, 7) is 0. The van der Waals surface area contributed by atoms with Crippen LogP contribution in [-0.4, -0.2) is 0 Å². The molecule has 0 spiro atoms. The molecule has 0 radical (unpaired) electrons. The molecule has 3 heteroatoms. The van der Waals surface area contributed by atoms with E-state index in [1.807, 2.05) is 72.8 Å². The van der Waals surface area contributed by atoms with Crippen LogP contribution in [0.1, 0.15) is 11.1 Å². The van der Waals surface area contributed by atoms with E-state index in [1.165, 1.54) is 0 Å². The molecule has 0 bridgehead atoms. The molecule has 0 unspecified atom stereocenters. The van der Waals surface area contributed by atoms with Crippen LogP contribution in [0.4, 0.5) is 0 Å². The quantitative estimate of drug-likeness (QED) is 0.194. The molecule has 3 nitrogen and oxygen atoms in total. The van der Waals surface area contributed by atoms with Gasteiger partial charge in [-0.25, -0.2) is 0 Å². The number of nitriles is 2. The first kappa shape index (κ1) is 25.1. The lowest BCUT2D eigenvalue weighted by atomic mass is 9.87. The summed E-state index contributed by atoms with van der Waals surface area (Å²) in [7, 11) is 0. The summed E-state index contributed by atoms with van der Waals surface area (Å²) in [5.74, 6) is 0. The second kappa shape index (κ2) is 9.55. The zero-order valence-corrected chi connectivity index (χ0v) is 24.0. The first-order chi connectivity index (χ1) is 22.3. The van der Waals surface area contributed by atoms with Crippen LogP contribution in [0.2, 0.25) is 0 Å². The van der Waals surface area contributed by atoms with Crippen LogP contribution in [0.5, 0.6) is 0 Å². The van der Waals surface area contributed by atoms with E-state index in [1.54, 1.807) is 0 Å². The highest BCUT2D eigenvalue weighted by atomic mass is 16.3. The normalized spacial score (nSPS) is 11.5. The van der Waals surface area contributed by atoms with Crippen molar-refractivity contribution >= 4 is 65.0 Å². The maximum absolute atomic E-state index is 10.2. The van der Waals surface area contributed by atoms with Gasteiger partial charge in [0.05, 0.1) is 11.1 Å². The Morgan fingerprint density at radius 3 is 1.33 bits per heavy atom. The second-order valence-corrected chi connectivity index (χ2v) is 11.4. The lowest BCUT2D eigenvalue weighted by molar-refractivity contribution is 0.670. The van der Waals surface area contributed by atoms with Gasteiger partial charge in [0, 0.05) is 43.4 Å². The number of furan rings is 1. The van der Waals surface area contributed by atoms with Gasteiger partial charge in [0.2, 0.25) is 0 Å². The van der Waals surface area contributed by atoms with Crippen molar-refractivity contribution in [3.8, 4) is 34.4 Å². The average molecular weight is 571 g/mol. The van der Waals surface area contributed by atoms with Gasteiger partial charge in [-0.1, -0.05) is 121 Å². The summed E-state index contributed by atoms with van der Waals surface area (Å²) in [4.78, 5) is 0. The second-order valence-electron chi connectivity index (χ2n) is 11.4. The zero-order chi connectivity index (χ0) is 30.1. The van der Waals surface area contributed by atoms with E-state index < -0.39 is 0 Å². The third kappa shape index (κ3) is 3.50. The SMILES string of the molecule is N#Cc1c2ccccc2c(-c2ccc3oc4c(-c5c6ccccc6c(C#N)c6ccccc56)cccc4c3c2)c2ccccc12. The summed E-state index contributed by atoms with van der Waals surface area (Å²) in [5.41, 5.74) is 7.26. The highest BCUT2D eigenvalue weighted by Gasteiger charge is 2.21. The smallest absolute Gasteiger partial charge is 0.143 e. The Hall–Kier alpha value is -6.42. The van der Waals surface area contributed by atoms with Crippen molar-refractivity contribution < 1.29 is 4.42 Å². The minimum atomic E-state index is 0.688. The van der Waals surface area contributed by atoms with E-state index in [0.29, 0.717) is 11.1 Å². The number of rotatable bonds is 2. The molecule has 8 aromatic carbocycles. The van der Waals surface area contributed by atoms with Gasteiger partial charge < -0.3 is 4.42 Å². The van der Waals surface area contributed by atoms with Crippen molar-refractivity contribution in [2.24, 2.45) is 0 Å². The maximum Gasteiger partial charge on any atom is 0.143 e. The summed E-state index contributed by atoms with van der Waals surface area (Å²) < 4.78 is 6.69. The van der Waals surface area contributed by atoms with E-state index in [-0.39, 0.29) is 0 Å². The van der Waals surface area contributed by atoms with Gasteiger partial charge in [0.15, 0.2) is 0 Å². The Labute approximate surface area is 258 Å². The molecular weight excluding hydrogens is 548 g/mol. The monoisotopic (exact) mass is 570 g/mol. The van der Waals surface area contributed by atoms with E-state index in [9.17, 15) is 10.5 Å². The molecule has 0 atom stereocenters. The number of fused-ring (bicyclic) bond motifs is 7. The van der Waals surface area contributed by atoms with Gasteiger partial charge in [0.1, 0.15) is 23.3 Å². The highest BCUT2D eigenvalue weighted by Crippen LogP contribution is 2.45. The van der Waals surface area contributed by atoms with Crippen LogP contribution in [0.15, 0.2) is 138 Å². The first-order valence-electron chi connectivity index (χ1n) is 14.9. The fourth-order valence-corrected chi connectivity index (χ4v) is 7.25. The summed E-state index contributed by atoms with van der Waals surface area (Å²) in [6.07, 6.45) is 0. The first-order valence-corrected chi connectivity index (χ1v) is 14.9. The summed E-state index contributed by atoms with van der Waals surface area (Å²) in [5, 5.41) is 30.3. The van der Waals surface area contributed by atoms with Crippen LogP contribution in [0, 0.1) is 22.7 Å². The van der Waals surface area contributed by atoms with Gasteiger partial charge in [-0.2, -0.15) is 10.5 Å². The summed E-state index contributed by atoms with van der Waals surface area (Å²) in [6, 6.07) is 50.3. The van der Waals surface area contributed by atoms with Crippen LogP contribution >= 0.6 is 0 Å². The largest absolute Gasteiger partial charge is 0.455 e. The Morgan fingerprint density at radius 2 is 0.844 bits per heavy atom. The molecule has 9 rings (SSSR count). The Balaban J connectivity index is 1.36. The molecule has 0 saturated heterocycles. The molecule has 0 aliphatic heterocycles. The van der Waals surface area contributed by atoms with E-state index in [0.717, 1.165) is 87.3 Å². The molecule has 45 heavy (non-hydrogen) atoms. The van der Waals surface area contributed by atoms with Gasteiger partial charge in [-0.05, 0) is 44.8 Å². The van der Waals surface area contributed by atoms with Crippen LogP contribution in [-0.2, 0) is 0 Å². The van der Waals surface area contributed by atoms with Crippen LogP contribution in [0.3, 0.4) is 0 Å². The molecule has 1 heterocycles. The van der Waals surface area contributed by atoms with Gasteiger partial charge in [-0.15, -0.1) is 0 Å². The Kier molecular flexibility index (Phi) is 5.33. The Morgan fingerprint density at radius 1 is 0.400 bits per heavy atom. The van der Waals surface area contributed by atoms with Crippen LogP contribution < -0.4 is 0 Å². The standard InChI is InChI=1S/C42H22N2O/c43-23-37-26-10-1-5-14-30(26)40(31-15-6-2-11-27(31)37)25-20-21-39-36(22-25)34-18-9-19-35(42(34)45-39)41-32-16-7-3-12-28(32)38(24-44)29-13-4-8-17-33(29)41/h1-22H. The summed E-state index contributed by atoms with van der Waals surface area (Å²) >= 11 is 0. The zero-order valence-electron chi connectivity index (χ0n) is 24.0. The number of para-hydroxylation sites is 1. The van der Waals surface area contributed by atoms with Crippen molar-refractivity contribution in [1.29, 1.82) is 10.5 Å². The highest BCUT2D eigenvalue weighted by molar-refractivity contribution is 6.22. The maximum atomic E-state index is 10.2. The van der Waals surface area contributed by atoms with Crippen molar-refractivity contribution in [2.45, 2.75) is 0 Å². The fraction of sp³-hybridized carbons (Fsp3) is 0. The van der Waals surface area contributed by atoms with E-state index in [4.69, 9.17) is 4.42 Å². The van der Waals surface area contributed by atoms with Crippen LogP contribution in [0.25, 0.3) is 87.3 Å². The van der Waals surface area contributed by atoms with Crippen molar-refractivity contribution in [3.05, 3.63) is 145 Å². The predicted molar refractivity (Wildman–Crippen MR) is 184 cm³/mol. The molecular formula is C42H22N2O. The van der Waals surface area contributed by atoms with Gasteiger partial charge in [0.25, 0.3) is 0 Å². The fourth-order valence-electron chi connectivity index (χ4n) is 7.25. The topological polar surface area (TPSA) is 60.7 Å². The molecule has 0 N–H and O–H groups in total. The molecule has 0 aliphatic rings. The van der Waals surface area contributed by atoms with Crippen molar-refractivity contribution in [1.82, 2.24) is 0 Å². The lowest BCUT2D eigenvalue weighted by Crippen LogP contribution is -1.90. The van der Waals surface area contributed by atoms with Crippen molar-refractivity contribution in [3.63, 3.8) is 0 Å².